The summed E-state index contributed by atoms with van der Waals surface area (Å²) >= 11 is 1.52. The average molecular weight is 231 g/mol. The zero-order valence-corrected chi connectivity index (χ0v) is 9.44. The maximum absolute atomic E-state index is 11.4. The van der Waals surface area contributed by atoms with Crippen LogP contribution in [0.15, 0.2) is 47.8 Å². The first-order valence-electron chi connectivity index (χ1n) is 4.93. The summed E-state index contributed by atoms with van der Waals surface area (Å²) < 4.78 is 5.11. The van der Waals surface area contributed by atoms with Gasteiger partial charge in [0, 0.05) is 4.88 Å². The normalized spacial score (nSPS) is 10.0. The highest BCUT2D eigenvalue weighted by Crippen LogP contribution is 2.12. The molecule has 1 radical (unpaired) electrons. The molecule has 2 nitrogen and oxygen atoms in total. The molecule has 81 valence electrons. The summed E-state index contributed by atoms with van der Waals surface area (Å²) in [6.07, 6.45) is 1.51. The number of esters is 1. The summed E-state index contributed by atoms with van der Waals surface area (Å²) in [6, 6.07) is 13.4. The third kappa shape index (κ3) is 3.21. The van der Waals surface area contributed by atoms with Crippen LogP contribution in [-0.4, -0.2) is 5.97 Å². The van der Waals surface area contributed by atoms with Gasteiger partial charge in [-0.05, 0) is 17.0 Å². The van der Waals surface area contributed by atoms with E-state index >= 15 is 0 Å². The quantitative estimate of drug-likeness (QED) is 0.756. The number of ether oxygens (including phenoxy) is 1. The maximum Gasteiger partial charge on any atom is 0.315 e. The van der Waals surface area contributed by atoms with Crippen molar-refractivity contribution in [2.24, 2.45) is 0 Å². The molecule has 0 aliphatic rings. The molecule has 0 aliphatic heterocycles. The second-order valence-corrected chi connectivity index (χ2v) is 4.23. The number of rotatable bonds is 4. The molecular weight excluding hydrogens is 220 g/mol. The summed E-state index contributed by atoms with van der Waals surface area (Å²) in [7, 11) is 0. The van der Waals surface area contributed by atoms with E-state index in [0.29, 0.717) is 6.61 Å². The number of carbonyl (C=O) groups is 1. The van der Waals surface area contributed by atoms with Crippen LogP contribution in [0.25, 0.3) is 0 Å². The summed E-state index contributed by atoms with van der Waals surface area (Å²) in [5, 5.41) is 1.93. The lowest BCUT2D eigenvalue weighted by Crippen LogP contribution is -2.04. The molecule has 1 aromatic carbocycles. The van der Waals surface area contributed by atoms with Gasteiger partial charge in [-0.15, -0.1) is 11.3 Å². The first-order valence-corrected chi connectivity index (χ1v) is 5.81. The molecule has 0 spiro atoms. The van der Waals surface area contributed by atoms with Crippen molar-refractivity contribution >= 4 is 17.3 Å². The summed E-state index contributed by atoms with van der Waals surface area (Å²) in [4.78, 5) is 12.3. The van der Waals surface area contributed by atoms with E-state index in [1.54, 1.807) is 0 Å². The van der Waals surface area contributed by atoms with E-state index in [9.17, 15) is 4.79 Å². The minimum Gasteiger partial charge on any atom is -0.460 e. The summed E-state index contributed by atoms with van der Waals surface area (Å²) in [5.41, 5.74) is 0.996. The Hall–Kier alpha value is -1.61. The van der Waals surface area contributed by atoms with Gasteiger partial charge in [-0.2, -0.15) is 0 Å². The van der Waals surface area contributed by atoms with Gasteiger partial charge < -0.3 is 4.74 Å². The molecule has 0 N–H and O–H groups in total. The molecule has 0 amide bonds. The lowest BCUT2D eigenvalue weighted by Gasteiger charge is -2.03. The Kier molecular flexibility index (Phi) is 3.72. The van der Waals surface area contributed by atoms with E-state index in [4.69, 9.17) is 4.74 Å². The van der Waals surface area contributed by atoms with Crippen LogP contribution in [0.3, 0.4) is 0 Å². The van der Waals surface area contributed by atoms with Crippen LogP contribution in [0.4, 0.5) is 0 Å². The Balaban J connectivity index is 1.80. The molecule has 0 aliphatic carbocycles. The van der Waals surface area contributed by atoms with Crippen molar-refractivity contribution < 1.29 is 9.53 Å². The largest absolute Gasteiger partial charge is 0.460 e. The molecule has 0 atom stereocenters. The molecule has 16 heavy (non-hydrogen) atoms. The Bertz CT molecular complexity index is 434. The third-order valence-corrected chi connectivity index (χ3v) is 2.85. The number of carbonyl (C=O) groups excluding carboxylic acids is 1. The first-order chi connectivity index (χ1) is 7.84. The van der Waals surface area contributed by atoms with Crippen molar-refractivity contribution in [3.8, 4) is 0 Å². The van der Waals surface area contributed by atoms with Gasteiger partial charge in [-0.1, -0.05) is 36.4 Å². The van der Waals surface area contributed by atoms with Gasteiger partial charge >= 0.3 is 5.97 Å². The molecular formula is C13H11O2S. The van der Waals surface area contributed by atoms with E-state index < -0.39 is 0 Å². The van der Waals surface area contributed by atoms with Crippen LogP contribution in [0.2, 0.25) is 0 Å². The summed E-state index contributed by atoms with van der Waals surface area (Å²) in [6.45, 7) is 0.321. The lowest BCUT2D eigenvalue weighted by molar-refractivity contribution is -0.140. The Morgan fingerprint density at radius 2 is 2.00 bits per heavy atom. The zero-order chi connectivity index (χ0) is 11.2. The number of hydrogen-bond acceptors (Lipinski definition) is 3. The molecule has 1 heterocycles. The summed E-state index contributed by atoms with van der Waals surface area (Å²) in [5.74, 6) is -0.300. The molecule has 3 heteroatoms. The molecule has 0 saturated carbocycles. The fraction of sp³-hybridized carbons (Fsp3) is 0.0769. The molecule has 0 saturated heterocycles. The predicted molar refractivity (Wildman–Crippen MR) is 64.0 cm³/mol. The maximum atomic E-state index is 11.4. The third-order valence-electron chi connectivity index (χ3n) is 2.03. The molecule has 2 rings (SSSR count). The smallest absolute Gasteiger partial charge is 0.315 e. The van der Waals surface area contributed by atoms with E-state index in [-0.39, 0.29) is 5.97 Å². The van der Waals surface area contributed by atoms with Gasteiger partial charge in [0.05, 0.1) is 0 Å². The van der Waals surface area contributed by atoms with Crippen molar-refractivity contribution in [3.63, 3.8) is 0 Å². The molecule has 0 bridgehead atoms. The van der Waals surface area contributed by atoms with E-state index in [2.05, 4.69) is 0 Å². The van der Waals surface area contributed by atoms with Crippen molar-refractivity contribution in [1.82, 2.24) is 0 Å². The SMILES string of the molecule is O=C([CH]c1cccs1)OCc1ccccc1. The van der Waals surface area contributed by atoms with Crippen molar-refractivity contribution in [3.05, 3.63) is 64.7 Å². The van der Waals surface area contributed by atoms with Crippen molar-refractivity contribution in [2.75, 3.05) is 0 Å². The second-order valence-electron chi connectivity index (χ2n) is 3.25. The van der Waals surface area contributed by atoms with Gasteiger partial charge in [-0.25, -0.2) is 0 Å². The van der Waals surface area contributed by atoms with Gasteiger partial charge in [0.1, 0.15) is 13.0 Å². The van der Waals surface area contributed by atoms with E-state index in [1.165, 1.54) is 17.8 Å². The number of thiophene rings is 1. The highest BCUT2D eigenvalue weighted by atomic mass is 32.1. The van der Waals surface area contributed by atoms with Crippen LogP contribution >= 0.6 is 11.3 Å². The van der Waals surface area contributed by atoms with Gasteiger partial charge in [0.25, 0.3) is 0 Å². The zero-order valence-electron chi connectivity index (χ0n) is 8.63. The van der Waals surface area contributed by atoms with Crippen LogP contribution in [0.1, 0.15) is 10.4 Å². The monoisotopic (exact) mass is 231 g/mol. The van der Waals surface area contributed by atoms with Crippen LogP contribution in [0, 0.1) is 6.42 Å². The average Bonchev–Trinajstić information content (AvgIpc) is 2.81. The Labute approximate surface area is 98.5 Å². The Morgan fingerprint density at radius 3 is 2.69 bits per heavy atom. The minimum atomic E-state index is -0.300. The van der Waals surface area contributed by atoms with Crippen molar-refractivity contribution in [1.29, 1.82) is 0 Å². The molecule has 1 aromatic heterocycles. The second kappa shape index (κ2) is 5.47. The topological polar surface area (TPSA) is 26.3 Å². The van der Waals surface area contributed by atoms with E-state index in [1.807, 2.05) is 47.8 Å². The molecule has 2 aromatic rings. The van der Waals surface area contributed by atoms with Crippen LogP contribution in [-0.2, 0) is 16.1 Å². The van der Waals surface area contributed by atoms with Crippen molar-refractivity contribution in [2.45, 2.75) is 6.61 Å². The first kappa shape index (κ1) is 10.9. The van der Waals surface area contributed by atoms with Crippen LogP contribution < -0.4 is 0 Å². The number of hydrogen-bond donors (Lipinski definition) is 0. The standard InChI is InChI=1S/C13H11O2S/c14-13(9-12-7-4-8-16-12)15-10-11-5-2-1-3-6-11/h1-9H,10H2. The molecule has 0 unspecified atom stereocenters. The fourth-order valence-corrected chi connectivity index (χ4v) is 1.90. The highest BCUT2D eigenvalue weighted by molar-refractivity contribution is 7.10. The van der Waals surface area contributed by atoms with Crippen LogP contribution in [0.5, 0.6) is 0 Å². The fourth-order valence-electron chi connectivity index (χ4n) is 1.26. The van der Waals surface area contributed by atoms with Gasteiger partial charge in [0.15, 0.2) is 0 Å². The minimum absolute atomic E-state index is 0.300. The van der Waals surface area contributed by atoms with E-state index in [0.717, 1.165) is 10.4 Å². The van der Waals surface area contributed by atoms with Gasteiger partial charge in [-0.3, -0.25) is 4.79 Å². The number of benzene rings is 1. The highest BCUT2D eigenvalue weighted by Gasteiger charge is 2.06. The van der Waals surface area contributed by atoms with Gasteiger partial charge in [0.2, 0.25) is 0 Å². The molecule has 0 fully saturated rings. The Morgan fingerprint density at radius 1 is 1.19 bits per heavy atom. The lowest BCUT2D eigenvalue weighted by atomic mass is 10.2. The predicted octanol–water partition coefficient (Wildman–Crippen LogP) is 3.04.